The van der Waals surface area contributed by atoms with Crippen molar-refractivity contribution in [1.29, 1.82) is 0 Å². The maximum atomic E-state index is 13.6. The number of ether oxygens (including phenoxy) is 1. The van der Waals surface area contributed by atoms with Gasteiger partial charge >= 0.3 is 23.3 Å². The van der Waals surface area contributed by atoms with Crippen LogP contribution in [0, 0.1) is 20.2 Å². The lowest BCUT2D eigenvalue weighted by Crippen LogP contribution is -2.37. The average Bonchev–Trinajstić information content (AvgIpc) is 3.28. The van der Waals surface area contributed by atoms with Crippen LogP contribution in [0.4, 0.5) is 11.4 Å². The second-order valence-electron chi connectivity index (χ2n) is 9.24. The number of hydrogen-bond acceptors (Lipinski definition) is 10. The monoisotopic (exact) mass is 573 g/mol. The van der Waals surface area contributed by atoms with Gasteiger partial charge in [-0.2, -0.15) is 4.57 Å². The number of nitro benzene ring substituents is 2. The van der Waals surface area contributed by atoms with Crippen molar-refractivity contribution in [3.8, 4) is 5.75 Å². The minimum atomic E-state index is -1.03. The Morgan fingerprint density at radius 1 is 0.810 bits per heavy atom. The van der Waals surface area contributed by atoms with Crippen LogP contribution in [0.2, 0.25) is 0 Å². The number of pyridine rings is 1. The second kappa shape index (κ2) is 11.4. The minimum absolute atomic E-state index is 0.0142. The number of carbonyl (C=O) groups excluding carboxylic acids is 4. The van der Waals surface area contributed by atoms with Crippen molar-refractivity contribution in [1.82, 2.24) is 5.06 Å². The summed E-state index contributed by atoms with van der Waals surface area (Å²) >= 11 is 0. The first-order valence-electron chi connectivity index (χ1n) is 12.7. The van der Waals surface area contributed by atoms with Crippen LogP contribution in [0.5, 0.6) is 5.75 Å². The Balaban J connectivity index is 1.50. The normalized spacial score (nSPS) is 13.0. The van der Waals surface area contributed by atoms with Crippen molar-refractivity contribution >= 4 is 56.9 Å². The van der Waals surface area contributed by atoms with Crippen LogP contribution in [-0.4, -0.2) is 38.7 Å². The number of carbonyl (C=O) groups is 4. The molecule has 14 nitrogen and oxygen atoms in total. The molecule has 1 aliphatic heterocycles. The number of benzene rings is 3. The molecule has 1 aromatic heterocycles. The maximum Gasteiger partial charge on any atom is 0.345 e. The molecule has 1 aliphatic rings. The molecule has 1 saturated heterocycles. The quantitative estimate of drug-likeness (QED) is 0.0545. The number of hydroxylamine groups is 2. The predicted octanol–water partition coefficient (Wildman–Crippen LogP) is 3.70. The van der Waals surface area contributed by atoms with E-state index in [1.807, 2.05) is 4.57 Å². The van der Waals surface area contributed by atoms with Gasteiger partial charge in [0.05, 0.1) is 32.6 Å². The molecular weight excluding hydrogens is 552 g/mol. The lowest BCUT2D eigenvalue weighted by Gasteiger charge is -2.13. The molecule has 0 bridgehead atoms. The van der Waals surface area contributed by atoms with Gasteiger partial charge in [-0.05, 0) is 18.2 Å². The summed E-state index contributed by atoms with van der Waals surface area (Å²) in [5, 5.41) is 24.5. The Labute approximate surface area is 235 Å². The zero-order valence-electron chi connectivity index (χ0n) is 21.8. The van der Waals surface area contributed by atoms with Crippen LogP contribution in [0.3, 0.4) is 0 Å². The number of nitrogens with zero attached hydrogens (tertiary/aromatic N) is 4. The molecule has 0 spiro atoms. The number of aromatic nitrogens is 1. The molecule has 0 radical (unpaired) electrons. The molecule has 5 rings (SSSR count). The molecule has 14 heteroatoms. The highest BCUT2D eigenvalue weighted by Gasteiger charge is 2.34. The summed E-state index contributed by atoms with van der Waals surface area (Å²) in [5.74, 6) is -3.72. The van der Waals surface area contributed by atoms with E-state index in [2.05, 4.69) is 0 Å². The van der Waals surface area contributed by atoms with E-state index in [1.54, 1.807) is 48.5 Å². The second-order valence-corrected chi connectivity index (χ2v) is 9.24. The van der Waals surface area contributed by atoms with Crippen LogP contribution in [0.1, 0.15) is 36.0 Å². The number of hydrogen-bond donors (Lipinski definition) is 0. The van der Waals surface area contributed by atoms with E-state index >= 15 is 0 Å². The molecular formula is C28H21N4O10+. The Morgan fingerprint density at radius 3 is 1.86 bits per heavy atom. The third-order valence-corrected chi connectivity index (χ3v) is 6.66. The van der Waals surface area contributed by atoms with Crippen molar-refractivity contribution < 1.29 is 43.2 Å². The number of amides is 2. The highest BCUT2D eigenvalue weighted by molar-refractivity contribution is 6.13. The van der Waals surface area contributed by atoms with E-state index in [1.165, 1.54) is 0 Å². The van der Waals surface area contributed by atoms with E-state index < -0.39 is 50.7 Å². The molecule has 0 N–H and O–H groups in total. The standard InChI is InChI=1S/C28H21N4O10/c33-23-14-15-24(34)30(23)42-25(35)13-6-16-29-19-9-3-1-7-17(19)26(18-8-2-4-10-20(18)29)28(36)41-27-21(31(37)38)11-5-12-22(27)32(39)40/h1-5,7-12H,6,13-16H2/q+1. The van der Waals surface area contributed by atoms with Gasteiger partial charge in [0, 0.05) is 43.5 Å². The predicted molar refractivity (Wildman–Crippen MR) is 143 cm³/mol. The summed E-state index contributed by atoms with van der Waals surface area (Å²) in [6.45, 7) is 0.267. The molecule has 0 saturated carbocycles. The number of esters is 1. The third kappa shape index (κ3) is 5.20. The Bertz CT molecular complexity index is 1710. The van der Waals surface area contributed by atoms with Gasteiger partial charge < -0.3 is 9.57 Å². The Kier molecular flexibility index (Phi) is 7.51. The Hall–Kier alpha value is -5.79. The fraction of sp³-hybridized carbons (Fsp3) is 0.179. The van der Waals surface area contributed by atoms with E-state index in [0.29, 0.717) is 26.9 Å². The van der Waals surface area contributed by atoms with Gasteiger partial charge in [-0.15, -0.1) is 5.06 Å². The molecule has 0 aliphatic carbocycles. The van der Waals surface area contributed by atoms with Gasteiger partial charge in [-0.3, -0.25) is 29.8 Å². The SMILES string of the molecule is O=C(CCC[n+]1c2ccccc2c(C(=O)Oc2c([N+](=O)[O-])cccc2[N+](=O)[O-])c2ccccc21)ON1C(=O)CCC1=O. The van der Waals surface area contributed by atoms with E-state index in [4.69, 9.17) is 9.57 Å². The van der Waals surface area contributed by atoms with E-state index in [0.717, 1.165) is 18.2 Å². The number of fused-ring (bicyclic) bond motifs is 2. The smallest absolute Gasteiger partial charge is 0.345 e. The fourth-order valence-corrected chi connectivity index (χ4v) is 4.81. The van der Waals surface area contributed by atoms with Crippen LogP contribution >= 0.6 is 0 Å². The molecule has 212 valence electrons. The van der Waals surface area contributed by atoms with Crippen molar-refractivity contribution in [3.63, 3.8) is 0 Å². The van der Waals surface area contributed by atoms with Crippen LogP contribution < -0.4 is 9.30 Å². The number of aryl methyl sites for hydroxylation is 1. The molecule has 4 aromatic rings. The van der Waals surface area contributed by atoms with Crippen LogP contribution in [0.25, 0.3) is 21.8 Å². The highest BCUT2D eigenvalue weighted by Crippen LogP contribution is 2.38. The minimum Gasteiger partial charge on any atom is -0.408 e. The van der Waals surface area contributed by atoms with Crippen molar-refractivity contribution in [2.24, 2.45) is 0 Å². The molecule has 3 aromatic carbocycles. The summed E-state index contributed by atoms with van der Waals surface area (Å²) in [6.07, 6.45) is 0.108. The van der Waals surface area contributed by atoms with Crippen molar-refractivity contribution in [2.75, 3.05) is 0 Å². The summed E-state index contributed by atoms with van der Waals surface area (Å²) in [6, 6.07) is 16.7. The number of rotatable bonds is 9. The summed E-state index contributed by atoms with van der Waals surface area (Å²) < 4.78 is 7.24. The van der Waals surface area contributed by atoms with Gasteiger partial charge in [0.15, 0.2) is 0 Å². The molecule has 1 fully saturated rings. The van der Waals surface area contributed by atoms with Crippen LogP contribution in [0.15, 0.2) is 66.7 Å². The molecule has 2 heterocycles. The summed E-state index contributed by atoms with van der Waals surface area (Å²) in [5.41, 5.74) is -0.324. The fourth-order valence-electron chi connectivity index (χ4n) is 4.81. The summed E-state index contributed by atoms with van der Waals surface area (Å²) in [4.78, 5) is 75.8. The lowest BCUT2D eigenvalue weighted by molar-refractivity contribution is -0.645. The first kappa shape index (κ1) is 27.8. The average molecular weight is 573 g/mol. The summed E-state index contributed by atoms with van der Waals surface area (Å²) in [7, 11) is 0. The Morgan fingerprint density at radius 2 is 1.33 bits per heavy atom. The molecule has 42 heavy (non-hydrogen) atoms. The zero-order chi connectivity index (χ0) is 30.0. The largest absolute Gasteiger partial charge is 0.408 e. The van der Waals surface area contributed by atoms with Gasteiger partial charge in [0.2, 0.25) is 11.0 Å². The third-order valence-electron chi connectivity index (χ3n) is 6.66. The van der Waals surface area contributed by atoms with Crippen molar-refractivity contribution in [2.45, 2.75) is 32.2 Å². The topological polar surface area (TPSA) is 180 Å². The number of nitro groups is 2. The number of imide groups is 1. The van der Waals surface area contributed by atoms with Crippen LogP contribution in [-0.2, 0) is 25.8 Å². The molecule has 0 atom stereocenters. The van der Waals surface area contributed by atoms with Gasteiger partial charge in [-0.25, -0.2) is 9.59 Å². The van der Waals surface area contributed by atoms with Gasteiger partial charge in [-0.1, -0.05) is 24.3 Å². The zero-order valence-corrected chi connectivity index (χ0v) is 21.8. The number of para-hydroxylation sites is 3. The maximum absolute atomic E-state index is 13.6. The van der Waals surface area contributed by atoms with Gasteiger partial charge in [0.1, 0.15) is 6.54 Å². The van der Waals surface area contributed by atoms with E-state index in [9.17, 15) is 39.4 Å². The first-order valence-corrected chi connectivity index (χ1v) is 12.7. The van der Waals surface area contributed by atoms with E-state index in [-0.39, 0.29) is 37.8 Å². The van der Waals surface area contributed by atoms with Gasteiger partial charge in [0.25, 0.3) is 17.6 Å². The molecule has 0 unspecified atom stereocenters. The molecule has 2 amide bonds. The van der Waals surface area contributed by atoms with Crippen molar-refractivity contribution in [3.05, 3.63) is 92.5 Å². The first-order chi connectivity index (χ1) is 20.2. The lowest BCUT2D eigenvalue weighted by atomic mass is 10.0. The highest BCUT2D eigenvalue weighted by atomic mass is 16.7.